The van der Waals surface area contributed by atoms with Crippen molar-refractivity contribution < 1.29 is 33.8 Å². The molecule has 0 fully saturated rings. The van der Waals surface area contributed by atoms with Gasteiger partial charge in [0.2, 0.25) is 0 Å². The predicted molar refractivity (Wildman–Crippen MR) is 52.4 cm³/mol. The van der Waals surface area contributed by atoms with Crippen molar-refractivity contribution in [1.29, 1.82) is 0 Å². The maximum atomic E-state index is 11.0. The number of carbonyl (C=O) groups is 2. The van der Waals surface area contributed by atoms with Crippen LogP contribution in [0.1, 0.15) is 19.8 Å². The van der Waals surface area contributed by atoms with Gasteiger partial charge in [-0.15, -0.1) is 0 Å². The molecule has 0 aliphatic heterocycles. The van der Waals surface area contributed by atoms with Crippen LogP contribution in [0.4, 0.5) is 0 Å². The van der Waals surface area contributed by atoms with E-state index in [1.54, 1.807) is 18.7 Å². The molecule has 0 heterocycles. The molecule has 0 aromatic carbocycles. The molecule has 2 N–H and O–H groups in total. The molecule has 0 aliphatic carbocycles. The average Bonchev–Trinajstić information content (AvgIpc) is 2.13. The second-order valence-corrected chi connectivity index (χ2v) is 3.52. The number of carbonyl (C=O) groups excluding carboxylic acids is 2. The van der Waals surface area contributed by atoms with Crippen LogP contribution in [0.5, 0.6) is 0 Å². The van der Waals surface area contributed by atoms with Gasteiger partial charge in [0.15, 0.2) is 0 Å². The van der Waals surface area contributed by atoms with Crippen LogP contribution in [-0.4, -0.2) is 30.0 Å². The number of nitrogens with two attached hydrogens (primary N) is 1. The Labute approximate surface area is 101 Å². The van der Waals surface area contributed by atoms with Gasteiger partial charge in [0.05, 0.1) is 0 Å². The number of hydrogen-bond donors (Lipinski definition) is 1. The summed E-state index contributed by atoms with van der Waals surface area (Å²) in [4.78, 5) is 21.7. The van der Waals surface area contributed by atoms with Gasteiger partial charge in [-0.1, -0.05) is 6.92 Å². The summed E-state index contributed by atoms with van der Waals surface area (Å²) in [5, 5.41) is 0. The van der Waals surface area contributed by atoms with E-state index in [1.165, 1.54) is 0 Å². The van der Waals surface area contributed by atoms with E-state index < -0.39 is 18.0 Å². The summed E-state index contributed by atoms with van der Waals surface area (Å²) in [7, 11) is 0. The van der Waals surface area contributed by atoms with Crippen LogP contribution in [0, 0.1) is 0 Å². The molecule has 0 aromatic rings. The first-order valence-electron chi connectivity index (χ1n) is 4.10. The van der Waals surface area contributed by atoms with Crippen molar-refractivity contribution in [1.82, 2.24) is 0 Å². The molecule has 0 amide bonds. The predicted octanol–water partition coefficient (Wildman–Crippen LogP) is 0.544. The average molecular weight is 271 g/mol. The summed E-state index contributed by atoms with van der Waals surface area (Å²) in [5.41, 5.74) is 5.47. The van der Waals surface area contributed by atoms with Crippen molar-refractivity contribution in [3.05, 3.63) is 0 Å². The van der Waals surface area contributed by atoms with E-state index in [4.69, 9.17) is 5.73 Å². The van der Waals surface area contributed by atoms with Gasteiger partial charge in [-0.05, 0) is 18.4 Å². The van der Waals surface area contributed by atoms with E-state index in [2.05, 4.69) is 4.74 Å². The molecule has 0 aromatic heterocycles. The van der Waals surface area contributed by atoms with E-state index in [-0.39, 0.29) is 25.9 Å². The van der Waals surface area contributed by atoms with Gasteiger partial charge in [-0.2, -0.15) is 11.8 Å². The van der Waals surface area contributed by atoms with Crippen LogP contribution in [0.25, 0.3) is 0 Å². The third kappa shape index (κ3) is 7.47. The first-order chi connectivity index (χ1) is 6.11. The second-order valence-electron chi connectivity index (χ2n) is 2.53. The van der Waals surface area contributed by atoms with E-state index in [0.717, 1.165) is 5.75 Å². The molecule has 0 radical (unpaired) electrons. The quantitative estimate of drug-likeness (QED) is 0.449. The minimum atomic E-state index is -0.678. The van der Waals surface area contributed by atoms with Crippen molar-refractivity contribution in [2.75, 3.05) is 12.0 Å². The summed E-state index contributed by atoms with van der Waals surface area (Å²) in [6.45, 7) is 1.63. The molecule has 0 saturated heterocycles. The van der Waals surface area contributed by atoms with Gasteiger partial charge in [0, 0.05) is 25.9 Å². The molecular formula is C8H15NO3SZn. The Morgan fingerprint density at radius 2 is 2.07 bits per heavy atom. The van der Waals surface area contributed by atoms with E-state index in [1.807, 2.05) is 6.26 Å². The van der Waals surface area contributed by atoms with E-state index in [9.17, 15) is 9.59 Å². The Bertz CT molecular complexity index is 189. The van der Waals surface area contributed by atoms with Crippen LogP contribution >= 0.6 is 11.8 Å². The van der Waals surface area contributed by atoms with Gasteiger partial charge in [0.25, 0.3) is 0 Å². The van der Waals surface area contributed by atoms with Crippen molar-refractivity contribution in [2.45, 2.75) is 25.8 Å². The Morgan fingerprint density at radius 3 is 2.50 bits per heavy atom. The fourth-order valence-electron chi connectivity index (χ4n) is 0.623. The van der Waals surface area contributed by atoms with E-state index >= 15 is 0 Å². The van der Waals surface area contributed by atoms with Crippen LogP contribution in [-0.2, 0) is 33.8 Å². The molecule has 0 saturated carbocycles. The zero-order valence-corrected chi connectivity index (χ0v) is 12.4. The first kappa shape index (κ1) is 16.5. The molecule has 0 aliphatic rings. The third-order valence-electron chi connectivity index (χ3n) is 1.44. The molecule has 0 rings (SSSR count). The number of esters is 2. The smallest absolute Gasteiger partial charge is 0.330 e. The fraction of sp³-hybridized carbons (Fsp3) is 0.750. The summed E-state index contributed by atoms with van der Waals surface area (Å²) in [6.07, 6.45) is 2.66. The largest absolute Gasteiger partial charge is 0.392 e. The van der Waals surface area contributed by atoms with Gasteiger partial charge >= 0.3 is 11.9 Å². The normalized spacial score (nSPS) is 11.4. The fourth-order valence-corrected chi connectivity index (χ4v) is 1.11. The Hall–Kier alpha value is 0.0734. The maximum absolute atomic E-state index is 11.0. The first-order valence-corrected chi connectivity index (χ1v) is 5.50. The monoisotopic (exact) mass is 269 g/mol. The molecule has 6 heteroatoms. The topological polar surface area (TPSA) is 69.4 Å². The van der Waals surface area contributed by atoms with E-state index in [0.29, 0.717) is 6.42 Å². The van der Waals surface area contributed by atoms with Crippen LogP contribution in [0.2, 0.25) is 0 Å². The SMILES string of the molecule is CCC(=O)OC(=O)[C@@H](N)CCSC.[Zn]. The second kappa shape index (κ2) is 9.62. The minimum Gasteiger partial charge on any atom is -0.392 e. The minimum absolute atomic E-state index is 0. The summed E-state index contributed by atoms with van der Waals surface area (Å²) >= 11 is 1.60. The third-order valence-corrected chi connectivity index (χ3v) is 2.08. The van der Waals surface area contributed by atoms with Gasteiger partial charge in [-0.3, -0.25) is 4.79 Å². The van der Waals surface area contributed by atoms with Crippen LogP contribution in [0.3, 0.4) is 0 Å². The number of rotatable bonds is 5. The summed E-state index contributed by atoms with van der Waals surface area (Å²) in [5.74, 6) is -0.359. The van der Waals surface area contributed by atoms with Crippen molar-refractivity contribution >= 4 is 23.7 Å². The number of hydrogen-bond acceptors (Lipinski definition) is 5. The zero-order valence-electron chi connectivity index (χ0n) is 8.62. The maximum Gasteiger partial charge on any atom is 0.330 e. The molecule has 14 heavy (non-hydrogen) atoms. The van der Waals surface area contributed by atoms with Crippen molar-refractivity contribution in [2.24, 2.45) is 5.73 Å². The summed E-state index contributed by atoms with van der Waals surface area (Å²) in [6, 6.07) is -0.678. The molecule has 0 unspecified atom stereocenters. The number of thioether (sulfide) groups is 1. The van der Waals surface area contributed by atoms with Crippen LogP contribution < -0.4 is 5.73 Å². The molecule has 1 atom stereocenters. The van der Waals surface area contributed by atoms with Crippen molar-refractivity contribution in [3.8, 4) is 0 Å². The Balaban J connectivity index is 0. The number of ether oxygens (including phenoxy) is 1. The van der Waals surface area contributed by atoms with Gasteiger partial charge in [-0.25, -0.2) is 4.79 Å². The Kier molecular flexibility index (Phi) is 11.3. The zero-order chi connectivity index (χ0) is 10.3. The standard InChI is InChI=1S/C8H15NO3S.Zn/c1-3-7(10)12-8(11)6(9)4-5-13-2;/h6H,3-5,9H2,1-2H3;/t6-;/m0./s1. The van der Waals surface area contributed by atoms with Gasteiger partial charge < -0.3 is 10.5 Å². The molecule has 4 nitrogen and oxygen atoms in total. The molecule has 0 bridgehead atoms. The molecule has 0 spiro atoms. The molecule has 78 valence electrons. The Morgan fingerprint density at radius 1 is 1.50 bits per heavy atom. The van der Waals surface area contributed by atoms with Crippen LogP contribution in [0.15, 0.2) is 0 Å². The van der Waals surface area contributed by atoms with Crippen molar-refractivity contribution in [3.63, 3.8) is 0 Å². The van der Waals surface area contributed by atoms with Gasteiger partial charge in [0.1, 0.15) is 6.04 Å². The summed E-state index contributed by atoms with van der Waals surface area (Å²) < 4.78 is 4.45. The molecular weight excluding hydrogens is 256 g/mol.